The molecule has 2 rings (SSSR count). The standard InChI is InChI=1S/C20H28N2O5/c1-15(23)18(12-16-6-4-3-5-7-16)21-19(24)13-22(14-20(25)26-2)17-8-10-27-11-9-17/h3-7,17-18H,8-14H2,1-2H3,(H,21,24). The molecule has 1 aliphatic heterocycles. The van der Waals surface area contributed by atoms with Crippen molar-refractivity contribution >= 4 is 17.7 Å². The molecule has 7 heteroatoms. The largest absolute Gasteiger partial charge is 0.468 e. The van der Waals surface area contributed by atoms with E-state index in [-0.39, 0.29) is 36.8 Å². The number of ketones is 1. The van der Waals surface area contributed by atoms with E-state index in [4.69, 9.17) is 9.47 Å². The third-order valence-corrected chi connectivity index (χ3v) is 4.72. The van der Waals surface area contributed by atoms with Crippen molar-refractivity contribution in [1.29, 1.82) is 0 Å². The molecule has 0 aromatic heterocycles. The van der Waals surface area contributed by atoms with E-state index in [1.165, 1.54) is 14.0 Å². The maximum Gasteiger partial charge on any atom is 0.319 e. The zero-order valence-electron chi connectivity index (χ0n) is 16.0. The van der Waals surface area contributed by atoms with Gasteiger partial charge in [0.15, 0.2) is 5.78 Å². The van der Waals surface area contributed by atoms with Crippen molar-refractivity contribution in [3.05, 3.63) is 35.9 Å². The van der Waals surface area contributed by atoms with Crippen LogP contribution < -0.4 is 5.32 Å². The maximum absolute atomic E-state index is 12.6. The van der Waals surface area contributed by atoms with Gasteiger partial charge in [-0.25, -0.2) is 0 Å². The Labute approximate surface area is 160 Å². The Morgan fingerprint density at radius 2 is 1.85 bits per heavy atom. The van der Waals surface area contributed by atoms with Gasteiger partial charge in [-0.3, -0.25) is 19.3 Å². The predicted molar refractivity (Wildman–Crippen MR) is 100 cm³/mol. The minimum atomic E-state index is -0.588. The van der Waals surface area contributed by atoms with Crippen molar-refractivity contribution in [2.24, 2.45) is 0 Å². The lowest BCUT2D eigenvalue weighted by molar-refractivity contribution is -0.143. The Balaban J connectivity index is 1.98. The second-order valence-electron chi connectivity index (χ2n) is 6.75. The van der Waals surface area contributed by atoms with Gasteiger partial charge in [0.1, 0.15) is 0 Å². The zero-order valence-corrected chi connectivity index (χ0v) is 16.0. The molecule has 1 aromatic carbocycles. The molecule has 0 bridgehead atoms. The van der Waals surface area contributed by atoms with Crippen LogP contribution in [-0.4, -0.2) is 68.1 Å². The molecule has 0 saturated carbocycles. The van der Waals surface area contributed by atoms with Crippen LogP contribution in [-0.2, 0) is 30.3 Å². The molecule has 1 heterocycles. The topological polar surface area (TPSA) is 84.9 Å². The second kappa shape index (κ2) is 10.8. The van der Waals surface area contributed by atoms with Crippen LogP contribution in [0, 0.1) is 0 Å². The van der Waals surface area contributed by atoms with Crippen LogP contribution >= 0.6 is 0 Å². The Kier molecular flexibility index (Phi) is 8.42. The van der Waals surface area contributed by atoms with E-state index >= 15 is 0 Å². The van der Waals surface area contributed by atoms with Gasteiger partial charge in [-0.1, -0.05) is 30.3 Å². The number of carbonyl (C=O) groups excluding carboxylic acids is 3. The van der Waals surface area contributed by atoms with Gasteiger partial charge in [0.05, 0.1) is 26.2 Å². The first-order valence-electron chi connectivity index (χ1n) is 9.22. The molecule has 1 aromatic rings. The lowest BCUT2D eigenvalue weighted by Crippen LogP contribution is -2.50. The van der Waals surface area contributed by atoms with Gasteiger partial charge < -0.3 is 14.8 Å². The summed E-state index contributed by atoms with van der Waals surface area (Å²) in [6, 6.07) is 9.04. The molecule has 7 nitrogen and oxygen atoms in total. The number of amides is 1. The van der Waals surface area contributed by atoms with E-state index in [1.54, 1.807) is 0 Å². The third kappa shape index (κ3) is 7.11. The highest BCUT2D eigenvalue weighted by Gasteiger charge is 2.27. The van der Waals surface area contributed by atoms with E-state index < -0.39 is 6.04 Å². The fraction of sp³-hybridized carbons (Fsp3) is 0.550. The number of benzene rings is 1. The summed E-state index contributed by atoms with van der Waals surface area (Å²) in [5.74, 6) is -0.763. The minimum absolute atomic E-state index is 0.0397. The molecule has 1 saturated heterocycles. The quantitative estimate of drug-likeness (QED) is 0.646. The van der Waals surface area contributed by atoms with Crippen LogP contribution in [0.2, 0.25) is 0 Å². The van der Waals surface area contributed by atoms with E-state index in [1.807, 2.05) is 35.2 Å². The van der Waals surface area contributed by atoms with Gasteiger partial charge in [-0.2, -0.15) is 0 Å². The van der Waals surface area contributed by atoms with Crippen molar-refractivity contribution in [2.75, 3.05) is 33.4 Å². The van der Waals surface area contributed by atoms with Crippen molar-refractivity contribution in [3.8, 4) is 0 Å². The van der Waals surface area contributed by atoms with Gasteiger partial charge >= 0.3 is 5.97 Å². The average molecular weight is 376 g/mol. The van der Waals surface area contributed by atoms with Gasteiger partial charge in [-0.15, -0.1) is 0 Å². The molecular weight excluding hydrogens is 348 g/mol. The molecule has 1 aliphatic rings. The first-order chi connectivity index (χ1) is 13.0. The number of Topliss-reactive ketones (excluding diaryl/α,β-unsaturated/α-hetero) is 1. The van der Waals surface area contributed by atoms with E-state index in [0.717, 1.165) is 18.4 Å². The summed E-state index contributed by atoms with van der Waals surface area (Å²) in [6.07, 6.45) is 1.95. The number of nitrogens with zero attached hydrogens (tertiary/aromatic N) is 1. The molecular formula is C20H28N2O5. The molecule has 1 N–H and O–H groups in total. The Hall–Kier alpha value is -2.25. The van der Waals surface area contributed by atoms with Crippen LogP contribution in [0.4, 0.5) is 0 Å². The zero-order chi connectivity index (χ0) is 19.6. The Morgan fingerprint density at radius 3 is 2.44 bits per heavy atom. The number of hydrogen-bond donors (Lipinski definition) is 1. The van der Waals surface area contributed by atoms with E-state index in [2.05, 4.69) is 5.32 Å². The van der Waals surface area contributed by atoms with Crippen LogP contribution in [0.1, 0.15) is 25.3 Å². The molecule has 0 radical (unpaired) electrons. The van der Waals surface area contributed by atoms with Gasteiger partial charge in [0.2, 0.25) is 5.91 Å². The predicted octanol–water partition coefficient (Wildman–Crippen LogP) is 0.957. The number of methoxy groups -OCH3 is 1. The van der Waals surface area contributed by atoms with E-state index in [0.29, 0.717) is 19.6 Å². The highest BCUT2D eigenvalue weighted by Crippen LogP contribution is 2.14. The Bertz CT molecular complexity index is 629. The van der Waals surface area contributed by atoms with Crippen LogP contribution in [0.15, 0.2) is 30.3 Å². The molecule has 1 atom stereocenters. The number of carbonyl (C=O) groups is 3. The molecule has 1 amide bonds. The van der Waals surface area contributed by atoms with Crippen LogP contribution in [0.3, 0.4) is 0 Å². The molecule has 27 heavy (non-hydrogen) atoms. The molecule has 0 spiro atoms. The summed E-state index contributed by atoms with van der Waals surface area (Å²) in [4.78, 5) is 38.1. The Morgan fingerprint density at radius 1 is 1.19 bits per heavy atom. The number of nitrogens with one attached hydrogen (secondary N) is 1. The second-order valence-corrected chi connectivity index (χ2v) is 6.75. The van der Waals surface area contributed by atoms with Crippen LogP contribution in [0.25, 0.3) is 0 Å². The van der Waals surface area contributed by atoms with Gasteiger partial charge in [0.25, 0.3) is 0 Å². The minimum Gasteiger partial charge on any atom is -0.468 e. The van der Waals surface area contributed by atoms with E-state index in [9.17, 15) is 14.4 Å². The van der Waals surface area contributed by atoms with Crippen molar-refractivity contribution < 1.29 is 23.9 Å². The normalized spacial score (nSPS) is 16.0. The number of esters is 1. The lowest BCUT2D eigenvalue weighted by atomic mass is 10.0. The summed E-state index contributed by atoms with van der Waals surface area (Å²) >= 11 is 0. The summed E-state index contributed by atoms with van der Waals surface area (Å²) in [6.45, 7) is 2.76. The summed E-state index contributed by atoms with van der Waals surface area (Å²) < 4.78 is 10.1. The summed E-state index contributed by atoms with van der Waals surface area (Å²) in [5, 5.41) is 2.81. The molecule has 1 unspecified atom stereocenters. The smallest absolute Gasteiger partial charge is 0.319 e. The molecule has 1 fully saturated rings. The van der Waals surface area contributed by atoms with Gasteiger partial charge in [0, 0.05) is 19.3 Å². The highest BCUT2D eigenvalue weighted by molar-refractivity contribution is 5.88. The first kappa shape index (κ1) is 21.1. The number of ether oxygens (including phenoxy) is 2. The van der Waals surface area contributed by atoms with Crippen molar-refractivity contribution in [1.82, 2.24) is 10.2 Å². The first-order valence-corrected chi connectivity index (χ1v) is 9.22. The van der Waals surface area contributed by atoms with Crippen molar-refractivity contribution in [3.63, 3.8) is 0 Å². The number of rotatable bonds is 9. The van der Waals surface area contributed by atoms with Gasteiger partial charge in [-0.05, 0) is 31.7 Å². The summed E-state index contributed by atoms with van der Waals surface area (Å²) in [5.41, 5.74) is 0.980. The van der Waals surface area contributed by atoms with Crippen molar-refractivity contribution in [2.45, 2.75) is 38.3 Å². The molecule has 148 valence electrons. The third-order valence-electron chi connectivity index (χ3n) is 4.72. The average Bonchev–Trinajstić information content (AvgIpc) is 2.68. The summed E-state index contributed by atoms with van der Waals surface area (Å²) in [7, 11) is 1.33. The van der Waals surface area contributed by atoms with Crippen LogP contribution in [0.5, 0.6) is 0 Å². The number of hydrogen-bond acceptors (Lipinski definition) is 6. The SMILES string of the molecule is COC(=O)CN(CC(=O)NC(Cc1ccccc1)C(C)=O)C1CCOCC1. The monoisotopic (exact) mass is 376 g/mol. The highest BCUT2D eigenvalue weighted by atomic mass is 16.5. The maximum atomic E-state index is 12.6. The molecule has 0 aliphatic carbocycles. The fourth-order valence-corrected chi connectivity index (χ4v) is 3.17. The fourth-order valence-electron chi connectivity index (χ4n) is 3.17. The lowest BCUT2D eigenvalue weighted by Gasteiger charge is -2.33.